The number of alkyl halides is 2. The Morgan fingerprint density at radius 1 is 0.714 bits per heavy atom. The molecule has 8 aliphatic carbocycles. The third-order valence-corrected chi connectivity index (χ3v) is 26.9. The van der Waals surface area contributed by atoms with Crippen molar-refractivity contribution in [2.75, 3.05) is 26.8 Å². The van der Waals surface area contributed by atoms with E-state index in [1.807, 2.05) is 40.8 Å². The fourth-order valence-electron chi connectivity index (χ4n) is 16.9. The number of hydrogen-bond donors (Lipinski definition) is 5. The molecule has 6 saturated carbocycles. The molecular formula is C60H86F2N2O12Si. The summed E-state index contributed by atoms with van der Waals surface area (Å²) in [6.07, 6.45) is 7.62. The molecule has 0 aliphatic heterocycles. The molecule has 1 unspecified atom stereocenters. The molecular weight excluding hydrogens is 1010 g/mol. The van der Waals surface area contributed by atoms with Crippen LogP contribution in [0.1, 0.15) is 140 Å². The largest absolute Gasteiger partial charge is 0.467 e. The first kappa shape index (κ1) is 59.4. The Balaban J connectivity index is 0.911. The summed E-state index contributed by atoms with van der Waals surface area (Å²) in [6, 6.07) is 0. The first-order valence-electron chi connectivity index (χ1n) is 28.1. The van der Waals surface area contributed by atoms with Gasteiger partial charge in [0, 0.05) is 52.8 Å². The number of aliphatic hydroxyl groups is 5. The average Bonchev–Trinajstić information content (AvgIpc) is 3.86. The lowest BCUT2D eigenvalue weighted by molar-refractivity contribution is -0.219. The van der Waals surface area contributed by atoms with Gasteiger partial charge >= 0.3 is 5.97 Å². The van der Waals surface area contributed by atoms with Crippen LogP contribution in [0.5, 0.6) is 0 Å². The van der Waals surface area contributed by atoms with Crippen molar-refractivity contribution in [1.82, 2.24) is 0 Å². The lowest BCUT2D eigenvalue weighted by Crippen LogP contribution is -2.69. The number of esters is 1. The van der Waals surface area contributed by atoms with Gasteiger partial charge in [0.05, 0.1) is 50.4 Å². The van der Waals surface area contributed by atoms with Crippen LogP contribution in [0.4, 0.5) is 8.78 Å². The van der Waals surface area contributed by atoms with Crippen LogP contribution >= 0.6 is 0 Å². The number of rotatable bonds is 15. The summed E-state index contributed by atoms with van der Waals surface area (Å²) >= 11 is 0. The van der Waals surface area contributed by atoms with Gasteiger partial charge in [0.25, 0.3) is 0 Å². The minimum atomic E-state index is -2.55. The molecule has 0 aromatic carbocycles. The Kier molecular flexibility index (Phi) is 15.0. The van der Waals surface area contributed by atoms with Crippen LogP contribution < -0.4 is 0 Å². The van der Waals surface area contributed by atoms with E-state index in [0.717, 1.165) is 7.11 Å². The van der Waals surface area contributed by atoms with Gasteiger partial charge in [-0.05, 0) is 131 Å². The van der Waals surface area contributed by atoms with E-state index in [1.165, 1.54) is 0 Å². The van der Waals surface area contributed by atoms with Crippen molar-refractivity contribution in [2.45, 2.75) is 198 Å². The number of carbonyl (C=O) groups is 5. The van der Waals surface area contributed by atoms with E-state index in [4.69, 9.17) is 9.16 Å². The van der Waals surface area contributed by atoms with E-state index in [0.29, 0.717) is 61.1 Å². The second kappa shape index (κ2) is 19.5. The Bertz CT molecular complexity index is 2680. The van der Waals surface area contributed by atoms with Crippen LogP contribution in [0, 0.1) is 57.2 Å². The van der Waals surface area contributed by atoms with Crippen molar-refractivity contribution >= 4 is 48.8 Å². The Morgan fingerprint density at radius 3 is 1.49 bits per heavy atom. The third-order valence-electron chi connectivity index (χ3n) is 22.4. The number of hydrogen-bond acceptors (Lipinski definition) is 14. The van der Waals surface area contributed by atoms with E-state index >= 15 is 8.78 Å². The van der Waals surface area contributed by atoms with Crippen LogP contribution in [0.25, 0.3) is 0 Å². The molecule has 8 rings (SSSR count). The normalized spacial score (nSPS) is 43.9. The van der Waals surface area contributed by atoms with Crippen LogP contribution in [0.2, 0.25) is 18.1 Å². The van der Waals surface area contributed by atoms with Crippen LogP contribution in [0.15, 0.2) is 57.6 Å². The highest BCUT2D eigenvalue weighted by Gasteiger charge is 2.77. The zero-order valence-electron chi connectivity index (χ0n) is 47.7. The van der Waals surface area contributed by atoms with Crippen molar-refractivity contribution in [3.05, 3.63) is 47.6 Å². The lowest BCUT2D eigenvalue weighted by atomic mass is 9.44. The molecule has 17 heteroatoms. The highest BCUT2D eigenvalue weighted by Crippen LogP contribution is 2.73. The number of aliphatic imine (C=N–C) groups is 2. The molecule has 17 atom stereocenters. The van der Waals surface area contributed by atoms with Crippen molar-refractivity contribution in [3.63, 3.8) is 0 Å². The fraction of sp³-hybridized carbons (Fsp3) is 0.750. The molecule has 0 amide bonds. The number of ether oxygens (including phenoxy) is 1. The maximum atomic E-state index is 18.3. The molecule has 6 fully saturated rings. The smallest absolute Gasteiger partial charge is 0.338 e. The summed E-state index contributed by atoms with van der Waals surface area (Å²) in [7, 11) is -1.32. The monoisotopic (exact) mass is 1090 g/mol. The average molecular weight is 1090 g/mol. The van der Waals surface area contributed by atoms with Gasteiger partial charge in [-0.1, -0.05) is 78.7 Å². The van der Waals surface area contributed by atoms with Crippen molar-refractivity contribution in [2.24, 2.45) is 67.2 Å². The lowest BCUT2D eigenvalue weighted by Gasteiger charge is -2.62. The Morgan fingerprint density at radius 2 is 1.12 bits per heavy atom. The Labute approximate surface area is 454 Å². The molecule has 0 spiro atoms. The molecule has 0 heterocycles. The van der Waals surface area contributed by atoms with Gasteiger partial charge in [-0.3, -0.25) is 29.2 Å². The molecule has 0 aromatic rings. The molecule has 5 N–H and O–H groups in total. The molecule has 0 radical (unpaired) electrons. The number of allylic oxidation sites excluding steroid dienone is 8. The predicted octanol–water partition coefficient (Wildman–Crippen LogP) is 7.82. The molecule has 426 valence electrons. The number of aliphatic hydroxyl groups excluding tert-OH is 2. The van der Waals surface area contributed by atoms with Gasteiger partial charge < -0.3 is 34.7 Å². The first-order valence-corrected chi connectivity index (χ1v) is 31.0. The maximum Gasteiger partial charge on any atom is 0.338 e. The molecule has 77 heavy (non-hydrogen) atoms. The number of ketones is 4. The van der Waals surface area contributed by atoms with E-state index < -0.39 is 149 Å². The highest BCUT2D eigenvalue weighted by molar-refractivity contribution is 6.74. The Hall–Kier alpha value is -3.71. The molecule has 0 bridgehead atoms. The van der Waals surface area contributed by atoms with Gasteiger partial charge in [-0.25, -0.2) is 13.6 Å². The van der Waals surface area contributed by atoms with Gasteiger partial charge in [0.15, 0.2) is 48.4 Å². The minimum Gasteiger partial charge on any atom is -0.467 e. The van der Waals surface area contributed by atoms with E-state index in [1.54, 1.807) is 57.2 Å². The predicted molar refractivity (Wildman–Crippen MR) is 290 cm³/mol. The SMILES string of the molecule is CCC(=O)[C@@]1(O)[C@H](C)C[C@H]2[C@@H]3CCC4=CC(=NCC(=O)CC(O)(CC(=O)CN=C5C=C[C@@]6(C)C(=C5)CC[C@H]5[C@@H]7C[C@@H](C)[C@](O)(C(=O)CO[Si](C)(C)C(C)(C)C)[C@@]7(C)C[C@H](O)[C@@]56F)C(=O)OC)C=C[C@]4(C)[C@@]3(F)[C@@H](O)C[C@@]21C. The number of carbonyl (C=O) groups excluding carboxylic acids is 5. The summed E-state index contributed by atoms with van der Waals surface area (Å²) in [4.78, 5) is 76.3. The van der Waals surface area contributed by atoms with Crippen molar-refractivity contribution in [1.29, 1.82) is 0 Å². The van der Waals surface area contributed by atoms with E-state index in [-0.39, 0.29) is 42.6 Å². The third kappa shape index (κ3) is 8.47. The molecule has 14 nitrogen and oxygen atoms in total. The highest BCUT2D eigenvalue weighted by atomic mass is 28.4. The molecule has 0 aromatic heterocycles. The van der Waals surface area contributed by atoms with Crippen LogP contribution in [-0.2, 0) is 33.1 Å². The fourth-order valence-corrected chi connectivity index (χ4v) is 17.8. The van der Waals surface area contributed by atoms with Crippen LogP contribution in [-0.4, -0.2) is 142 Å². The van der Waals surface area contributed by atoms with Gasteiger partial charge in [-0.15, -0.1) is 0 Å². The van der Waals surface area contributed by atoms with Gasteiger partial charge in [0.2, 0.25) is 0 Å². The van der Waals surface area contributed by atoms with E-state index in [9.17, 15) is 49.5 Å². The maximum absolute atomic E-state index is 18.3. The second-order valence-corrected chi connectivity index (χ2v) is 32.0. The number of methoxy groups -OCH3 is 1. The molecule has 8 aliphatic rings. The zero-order chi connectivity index (χ0) is 57.3. The molecule has 0 saturated heterocycles. The first-order chi connectivity index (χ1) is 35.5. The summed E-state index contributed by atoms with van der Waals surface area (Å²) in [5.41, 5.74) is -13.0. The zero-order valence-corrected chi connectivity index (χ0v) is 48.7. The summed E-state index contributed by atoms with van der Waals surface area (Å²) in [5, 5.41) is 59.6. The number of fused-ring (bicyclic) bond motifs is 10. The van der Waals surface area contributed by atoms with Crippen LogP contribution in [0.3, 0.4) is 0 Å². The number of Topliss-reactive ketones (excluding diaryl/α,β-unsaturated/α-hetero) is 4. The van der Waals surface area contributed by atoms with Gasteiger partial charge in [-0.2, -0.15) is 0 Å². The van der Waals surface area contributed by atoms with Crippen molar-refractivity contribution in [3.8, 4) is 0 Å². The quantitative estimate of drug-likeness (QED) is 0.0781. The van der Waals surface area contributed by atoms with Gasteiger partial charge in [0.1, 0.15) is 11.2 Å². The number of nitrogens with zero attached hydrogens (tertiary/aromatic N) is 2. The summed E-state index contributed by atoms with van der Waals surface area (Å²) < 4.78 is 47.4. The minimum absolute atomic E-state index is 0.0838. The number of halogens is 2. The van der Waals surface area contributed by atoms with E-state index in [2.05, 4.69) is 30.8 Å². The summed E-state index contributed by atoms with van der Waals surface area (Å²) in [5.74, 6) is -6.29. The van der Waals surface area contributed by atoms with Crippen molar-refractivity contribution < 1.29 is 67.4 Å². The second-order valence-electron chi connectivity index (χ2n) is 27.2. The topological polar surface area (TPSA) is 230 Å². The standard InChI is InChI=1S/C60H86F2N2O12Si/c1-14-46(67)59(73)34(2)23-44-42-17-15-36-25-38(19-21-52(36,7)57(42,61)47(68)29-54(44,59)9)63-31-40(65)27-56(72,50(71)75-11)28-41(66)32-64-39-20-22-53(8)37(26-39)16-18-43-45-24-35(3)60(74,55(45,10)30-48(69)58(43,53)62)49(70)33-76-77(12,13)51(4,5)6/h19-22,25-26,34-35,42-45,47-48,68-69,72-74H,14-18,23-24,27-33H2,1-13H3/t34-,35-,42+,43+,44+,45+,47+,48+,52+,53+,54+,55+,56?,57+,58+,59+,60+/m1/s1. The summed E-state index contributed by atoms with van der Waals surface area (Å²) in [6.45, 7) is 21.5.